The minimum Gasteiger partial charge on any atom is -0.392 e. The number of ether oxygens (including phenoxy) is 1. The fraction of sp³-hybridized carbons (Fsp3) is 0.926. The Bertz CT molecular complexity index is 818. The average molecular weight is 431 g/mol. The Balaban J connectivity index is 1.56. The molecule has 1 saturated heterocycles. The highest BCUT2D eigenvalue weighted by atomic mass is 16.5. The Kier molecular flexibility index (Phi) is 4.58. The van der Waals surface area contributed by atoms with Gasteiger partial charge in [0.25, 0.3) is 0 Å². The van der Waals surface area contributed by atoms with Gasteiger partial charge in [-0.15, -0.1) is 0 Å². The fourth-order valence-electron chi connectivity index (χ4n) is 10.2. The van der Waals surface area contributed by atoms with E-state index in [-0.39, 0.29) is 27.9 Å². The monoisotopic (exact) mass is 430 g/mol. The van der Waals surface area contributed by atoms with Crippen LogP contribution in [0.25, 0.3) is 0 Å². The van der Waals surface area contributed by atoms with Crippen molar-refractivity contribution in [3.05, 3.63) is 0 Å². The van der Waals surface area contributed by atoms with Crippen molar-refractivity contribution in [2.24, 2.45) is 45.3 Å². The van der Waals surface area contributed by atoms with E-state index in [0.29, 0.717) is 43.0 Å². The lowest BCUT2D eigenvalue weighted by atomic mass is 9.36. The highest BCUT2D eigenvalue weighted by Crippen LogP contribution is 2.78. The van der Waals surface area contributed by atoms with Gasteiger partial charge in [-0.1, -0.05) is 34.6 Å². The molecule has 0 aromatic rings. The molecule has 174 valence electrons. The van der Waals surface area contributed by atoms with E-state index >= 15 is 0 Å². The minimum absolute atomic E-state index is 0.0296. The van der Waals surface area contributed by atoms with Gasteiger partial charge < -0.3 is 14.6 Å². The van der Waals surface area contributed by atoms with Gasteiger partial charge >= 0.3 is 0 Å². The van der Waals surface area contributed by atoms with Crippen LogP contribution in [0.5, 0.6) is 0 Å². The van der Waals surface area contributed by atoms with Crippen LogP contribution < -0.4 is 0 Å². The number of Topliss-reactive ketones (excluding diaryl/α,β-unsaturated/α-hetero) is 2. The van der Waals surface area contributed by atoms with Crippen LogP contribution in [0.3, 0.4) is 0 Å². The number of carbonyl (C=O) groups is 2. The van der Waals surface area contributed by atoms with Crippen LogP contribution in [0.4, 0.5) is 0 Å². The molecule has 4 aliphatic carbocycles. The summed E-state index contributed by atoms with van der Waals surface area (Å²) in [5.41, 5.74) is -0.893. The van der Waals surface area contributed by atoms with Crippen molar-refractivity contribution in [1.29, 1.82) is 0 Å². The van der Waals surface area contributed by atoms with Crippen LogP contribution in [0, 0.1) is 45.3 Å². The normalized spacial score (nSPS) is 53.5. The van der Waals surface area contributed by atoms with E-state index in [0.717, 1.165) is 38.5 Å². The summed E-state index contributed by atoms with van der Waals surface area (Å²) >= 11 is 0. The highest BCUT2D eigenvalue weighted by Gasteiger charge is 2.78. The summed E-state index contributed by atoms with van der Waals surface area (Å²) in [6.07, 6.45) is 6.90. The van der Waals surface area contributed by atoms with Gasteiger partial charge in [0.1, 0.15) is 11.6 Å². The molecule has 5 rings (SSSR count). The topological polar surface area (TPSA) is 63.6 Å². The molecule has 1 aliphatic heterocycles. The fourth-order valence-corrected chi connectivity index (χ4v) is 10.2. The summed E-state index contributed by atoms with van der Waals surface area (Å²) < 4.78 is 6.71. The first-order valence-corrected chi connectivity index (χ1v) is 12.7. The molecule has 0 aromatic carbocycles. The Labute approximate surface area is 187 Å². The Hall–Kier alpha value is -0.740. The molecule has 0 radical (unpaired) electrons. The maximum atomic E-state index is 14.1. The summed E-state index contributed by atoms with van der Waals surface area (Å²) in [6, 6.07) is 0. The average Bonchev–Trinajstić information content (AvgIpc) is 3.07. The standard InChI is InChI=1S/C27H42O4/c1-16(13-17(2)28)18-9-10-25(6)22-19(29)14-27-20(7-8-21(30)23(27,3)4)26(22,15-31-27)12-11-24(18,25)5/h16,18,20-22,30H,7-15H2,1-6H3/t16?,18-,20+,21+,22+,24-,25+,26-,27-/m1/s1. The van der Waals surface area contributed by atoms with E-state index in [1.807, 2.05) is 0 Å². The predicted octanol–water partition coefficient (Wildman–Crippen LogP) is 4.96. The third-order valence-corrected chi connectivity index (χ3v) is 12.0. The van der Waals surface area contributed by atoms with Crippen molar-refractivity contribution in [3.8, 4) is 0 Å². The smallest absolute Gasteiger partial charge is 0.140 e. The van der Waals surface area contributed by atoms with E-state index in [9.17, 15) is 14.7 Å². The number of ketones is 2. The van der Waals surface area contributed by atoms with E-state index < -0.39 is 17.1 Å². The van der Waals surface area contributed by atoms with Crippen LogP contribution >= 0.6 is 0 Å². The molecule has 1 heterocycles. The number of fused-ring (bicyclic) bond motifs is 2. The van der Waals surface area contributed by atoms with Crippen molar-refractivity contribution in [2.45, 2.75) is 105 Å². The second kappa shape index (κ2) is 6.44. The van der Waals surface area contributed by atoms with Crippen molar-refractivity contribution in [3.63, 3.8) is 0 Å². The molecule has 1 N–H and O–H groups in total. The molecule has 5 aliphatic rings. The highest BCUT2D eigenvalue weighted by molar-refractivity contribution is 5.86. The summed E-state index contributed by atoms with van der Waals surface area (Å²) in [6.45, 7) is 13.7. The second-order valence-corrected chi connectivity index (χ2v) is 13.2. The first-order chi connectivity index (χ1) is 14.4. The number of hydrogen-bond acceptors (Lipinski definition) is 4. The summed E-state index contributed by atoms with van der Waals surface area (Å²) in [7, 11) is 0. The lowest BCUT2D eigenvalue weighted by molar-refractivity contribution is -0.213. The second-order valence-electron chi connectivity index (χ2n) is 13.2. The molecule has 2 bridgehead atoms. The van der Waals surface area contributed by atoms with Crippen LogP contribution in [0.15, 0.2) is 0 Å². The number of aliphatic hydroxyl groups is 1. The van der Waals surface area contributed by atoms with E-state index in [2.05, 4.69) is 34.6 Å². The molecule has 4 heteroatoms. The lowest BCUT2D eigenvalue weighted by Crippen LogP contribution is -2.69. The van der Waals surface area contributed by atoms with Gasteiger partial charge in [0, 0.05) is 29.6 Å². The van der Waals surface area contributed by atoms with Gasteiger partial charge in [0.2, 0.25) is 0 Å². The zero-order valence-corrected chi connectivity index (χ0v) is 20.4. The molecular weight excluding hydrogens is 388 g/mol. The van der Waals surface area contributed by atoms with Crippen LogP contribution in [0.1, 0.15) is 92.9 Å². The van der Waals surface area contributed by atoms with E-state index in [4.69, 9.17) is 4.74 Å². The first-order valence-electron chi connectivity index (χ1n) is 12.7. The zero-order chi connectivity index (χ0) is 22.6. The van der Waals surface area contributed by atoms with Crippen molar-refractivity contribution < 1.29 is 19.4 Å². The summed E-state index contributed by atoms with van der Waals surface area (Å²) in [4.78, 5) is 25.9. The van der Waals surface area contributed by atoms with Gasteiger partial charge in [0.15, 0.2) is 0 Å². The number of aliphatic hydroxyl groups excluding tert-OH is 1. The molecule has 1 spiro atoms. The van der Waals surface area contributed by atoms with E-state index in [1.54, 1.807) is 6.92 Å². The van der Waals surface area contributed by atoms with Crippen molar-refractivity contribution in [2.75, 3.05) is 6.61 Å². The largest absolute Gasteiger partial charge is 0.392 e. The predicted molar refractivity (Wildman–Crippen MR) is 119 cm³/mol. The van der Waals surface area contributed by atoms with Gasteiger partial charge in [-0.3, -0.25) is 4.79 Å². The molecule has 4 nitrogen and oxygen atoms in total. The third-order valence-electron chi connectivity index (χ3n) is 12.0. The summed E-state index contributed by atoms with van der Waals surface area (Å²) in [5, 5.41) is 10.9. The van der Waals surface area contributed by atoms with Crippen molar-refractivity contribution in [1.82, 2.24) is 0 Å². The molecule has 5 fully saturated rings. The van der Waals surface area contributed by atoms with Crippen molar-refractivity contribution >= 4 is 11.6 Å². The van der Waals surface area contributed by atoms with Gasteiger partial charge in [-0.25, -0.2) is 0 Å². The molecular formula is C27H42O4. The van der Waals surface area contributed by atoms with Crippen LogP contribution in [-0.2, 0) is 14.3 Å². The van der Waals surface area contributed by atoms with Gasteiger partial charge in [0.05, 0.1) is 18.3 Å². The number of hydrogen-bond donors (Lipinski definition) is 1. The Morgan fingerprint density at radius 3 is 2.48 bits per heavy atom. The SMILES string of the molecule is CC(=O)CC(C)[C@H]1CC[C@@]2(C)[C@@H]3C(=O)C[C@@]45OC[C@]3(CC[C@]12C)[C@@H]4CC[C@H](O)C5(C)C. The van der Waals surface area contributed by atoms with Gasteiger partial charge in [-0.2, -0.15) is 0 Å². The third kappa shape index (κ3) is 2.40. The Morgan fingerprint density at radius 2 is 1.81 bits per heavy atom. The minimum atomic E-state index is -0.498. The molecule has 1 unspecified atom stereocenters. The quantitative estimate of drug-likeness (QED) is 0.687. The number of rotatable bonds is 3. The lowest BCUT2D eigenvalue weighted by Gasteiger charge is -2.66. The summed E-state index contributed by atoms with van der Waals surface area (Å²) in [5.74, 6) is 1.98. The maximum Gasteiger partial charge on any atom is 0.140 e. The molecule has 31 heavy (non-hydrogen) atoms. The molecule has 0 aromatic heterocycles. The molecule has 4 saturated carbocycles. The Morgan fingerprint density at radius 1 is 1.10 bits per heavy atom. The van der Waals surface area contributed by atoms with Gasteiger partial charge in [-0.05, 0) is 74.0 Å². The number of carbonyl (C=O) groups excluding carboxylic acids is 2. The van der Waals surface area contributed by atoms with E-state index in [1.165, 1.54) is 0 Å². The van der Waals surface area contributed by atoms with Crippen LogP contribution in [0.2, 0.25) is 0 Å². The maximum absolute atomic E-state index is 14.1. The molecule has 9 atom stereocenters. The molecule has 0 amide bonds. The van der Waals surface area contributed by atoms with Crippen LogP contribution in [-0.4, -0.2) is 35.0 Å². The first kappa shape index (κ1) is 22.1. The zero-order valence-electron chi connectivity index (χ0n) is 20.4.